The number of benzene rings is 2. The molecule has 0 radical (unpaired) electrons. The van der Waals surface area contributed by atoms with Crippen LogP contribution in [0, 0.1) is 0 Å². The Kier molecular flexibility index (Phi) is 5.74. The van der Waals surface area contributed by atoms with E-state index in [0.29, 0.717) is 27.4 Å². The van der Waals surface area contributed by atoms with E-state index in [4.69, 9.17) is 16.0 Å². The first-order chi connectivity index (χ1) is 14.4. The van der Waals surface area contributed by atoms with Crippen LogP contribution in [-0.2, 0) is 17.9 Å². The number of hydrogen-bond donors (Lipinski definition) is 0. The maximum atomic E-state index is 12.7. The highest BCUT2D eigenvalue weighted by atomic mass is 79.9. The van der Waals surface area contributed by atoms with E-state index in [0.717, 1.165) is 10.0 Å². The summed E-state index contributed by atoms with van der Waals surface area (Å²) < 4.78 is 7.95. The Morgan fingerprint density at radius 2 is 1.93 bits per heavy atom. The van der Waals surface area contributed by atoms with Gasteiger partial charge < -0.3 is 9.32 Å². The second kappa shape index (κ2) is 8.45. The van der Waals surface area contributed by atoms with Crippen LogP contribution in [0.25, 0.3) is 22.2 Å². The van der Waals surface area contributed by atoms with Crippen molar-refractivity contribution in [2.75, 3.05) is 7.05 Å². The zero-order chi connectivity index (χ0) is 21.3. The zero-order valence-electron chi connectivity index (χ0n) is 16.0. The van der Waals surface area contributed by atoms with Crippen molar-refractivity contribution in [2.24, 2.45) is 0 Å². The van der Waals surface area contributed by atoms with Gasteiger partial charge >= 0.3 is 0 Å². The van der Waals surface area contributed by atoms with Crippen LogP contribution in [0.15, 0.2) is 74.6 Å². The lowest BCUT2D eigenvalue weighted by atomic mass is 10.2. The second-order valence-electron chi connectivity index (χ2n) is 6.86. The number of halogens is 2. The highest BCUT2D eigenvalue weighted by Gasteiger charge is 2.15. The molecule has 0 atom stereocenters. The highest BCUT2D eigenvalue weighted by Crippen LogP contribution is 2.24. The lowest BCUT2D eigenvalue weighted by Gasteiger charge is -2.16. The molecule has 0 bridgehead atoms. The Morgan fingerprint density at radius 3 is 2.70 bits per heavy atom. The summed E-state index contributed by atoms with van der Waals surface area (Å²) in [6, 6.07) is 16.3. The molecule has 8 heteroatoms. The lowest BCUT2D eigenvalue weighted by molar-refractivity contribution is -0.131. The quantitative estimate of drug-likeness (QED) is 0.409. The summed E-state index contributed by atoms with van der Waals surface area (Å²) in [5, 5.41) is 1.11. The molecule has 152 valence electrons. The van der Waals surface area contributed by atoms with Crippen LogP contribution in [0.3, 0.4) is 0 Å². The number of amides is 1. The second-order valence-corrected chi connectivity index (χ2v) is 8.21. The predicted octanol–water partition coefficient (Wildman–Crippen LogP) is 4.73. The summed E-state index contributed by atoms with van der Waals surface area (Å²) in [4.78, 5) is 31.1. The van der Waals surface area contributed by atoms with Gasteiger partial charge in [0, 0.05) is 22.1 Å². The molecular formula is C22H17BrClN3O3. The van der Waals surface area contributed by atoms with E-state index >= 15 is 0 Å². The molecule has 0 unspecified atom stereocenters. The van der Waals surface area contributed by atoms with Crippen molar-refractivity contribution < 1.29 is 9.21 Å². The largest absolute Gasteiger partial charge is 0.459 e. The molecule has 6 nitrogen and oxygen atoms in total. The lowest BCUT2D eigenvalue weighted by Crippen LogP contribution is -2.33. The van der Waals surface area contributed by atoms with E-state index in [-0.39, 0.29) is 24.6 Å². The SMILES string of the molecule is CN(Cc1ccc(-c2ccc(Cl)cc2)o1)C(=O)Cn1cnc2ccc(Br)cc2c1=O. The molecular weight excluding hydrogens is 470 g/mol. The van der Waals surface area contributed by atoms with E-state index < -0.39 is 0 Å². The summed E-state index contributed by atoms with van der Waals surface area (Å²) in [5.74, 6) is 1.12. The number of furan rings is 1. The molecule has 30 heavy (non-hydrogen) atoms. The van der Waals surface area contributed by atoms with Crippen molar-refractivity contribution in [3.63, 3.8) is 0 Å². The van der Waals surface area contributed by atoms with Gasteiger partial charge in [0.25, 0.3) is 5.56 Å². The van der Waals surface area contributed by atoms with Crippen molar-refractivity contribution in [3.05, 3.63) is 86.5 Å². The third-order valence-corrected chi connectivity index (χ3v) is 5.45. The first kappa shape index (κ1) is 20.4. The maximum Gasteiger partial charge on any atom is 0.261 e. The molecule has 2 heterocycles. The number of likely N-dealkylation sites (N-methyl/N-ethyl adjacent to an activating group) is 1. The van der Waals surface area contributed by atoms with Gasteiger partial charge in [-0.3, -0.25) is 14.2 Å². The van der Waals surface area contributed by atoms with Crippen LogP contribution < -0.4 is 5.56 Å². The molecule has 0 saturated carbocycles. The molecule has 0 spiro atoms. The number of fused-ring (bicyclic) bond motifs is 1. The fourth-order valence-electron chi connectivity index (χ4n) is 3.06. The van der Waals surface area contributed by atoms with Gasteiger partial charge in [-0.15, -0.1) is 0 Å². The summed E-state index contributed by atoms with van der Waals surface area (Å²) >= 11 is 9.28. The number of hydrogen-bond acceptors (Lipinski definition) is 4. The number of nitrogens with zero attached hydrogens (tertiary/aromatic N) is 3. The van der Waals surface area contributed by atoms with Crippen molar-refractivity contribution >= 4 is 44.3 Å². The Morgan fingerprint density at radius 1 is 1.17 bits per heavy atom. The van der Waals surface area contributed by atoms with Crippen LogP contribution in [0.2, 0.25) is 5.02 Å². The maximum absolute atomic E-state index is 12.7. The third kappa shape index (κ3) is 4.32. The van der Waals surface area contributed by atoms with E-state index in [1.807, 2.05) is 30.3 Å². The standard InChI is InChI=1S/C22H17BrClN3O3/c1-26(11-17-7-9-20(30-17)14-2-5-16(24)6-3-14)21(28)12-27-13-25-19-8-4-15(23)10-18(19)22(27)29/h2-10,13H,11-12H2,1H3. The van der Waals surface area contributed by atoms with Crippen molar-refractivity contribution in [1.82, 2.24) is 14.5 Å². The number of aromatic nitrogens is 2. The number of rotatable bonds is 5. The van der Waals surface area contributed by atoms with Crippen LogP contribution in [0.1, 0.15) is 5.76 Å². The highest BCUT2D eigenvalue weighted by molar-refractivity contribution is 9.10. The van der Waals surface area contributed by atoms with Crippen LogP contribution in [0.4, 0.5) is 0 Å². The van der Waals surface area contributed by atoms with E-state index in [1.165, 1.54) is 15.8 Å². The normalized spacial score (nSPS) is 11.0. The van der Waals surface area contributed by atoms with Gasteiger partial charge in [-0.2, -0.15) is 0 Å². The third-order valence-electron chi connectivity index (χ3n) is 4.70. The minimum Gasteiger partial charge on any atom is -0.459 e. The average molecular weight is 487 g/mol. The van der Waals surface area contributed by atoms with Gasteiger partial charge in [0.2, 0.25) is 5.91 Å². The van der Waals surface area contributed by atoms with Crippen LogP contribution >= 0.6 is 27.5 Å². The number of carbonyl (C=O) groups excluding carboxylic acids is 1. The molecule has 4 aromatic rings. The molecule has 0 aliphatic rings. The van der Waals surface area contributed by atoms with Gasteiger partial charge in [-0.1, -0.05) is 27.5 Å². The van der Waals surface area contributed by atoms with Crippen molar-refractivity contribution in [1.29, 1.82) is 0 Å². The van der Waals surface area contributed by atoms with Gasteiger partial charge in [0.15, 0.2) is 0 Å². The summed E-state index contributed by atoms with van der Waals surface area (Å²) in [6.07, 6.45) is 1.40. The molecule has 2 aromatic heterocycles. The average Bonchev–Trinajstić information content (AvgIpc) is 3.19. The zero-order valence-corrected chi connectivity index (χ0v) is 18.4. The summed E-state index contributed by atoms with van der Waals surface area (Å²) in [6.45, 7) is 0.184. The first-order valence-electron chi connectivity index (χ1n) is 9.14. The van der Waals surface area contributed by atoms with E-state index in [2.05, 4.69) is 20.9 Å². The first-order valence-corrected chi connectivity index (χ1v) is 10.3. The monoisotopic (exact) mass is 485 g/mol. The molecule has 0 fully saturated rings. The van der Waals surface area contributed by atoms with E-state index in [9.17, 15) is 9.59 Å². The molecule has 0 saturated heterocycles. The minimum atomic E-state index is -0.258. The van der Waals surface area contributed by atoms with Gasteiger partial charge in [0.1, 0.15) is 18.1 Å². The molecule has 0 N–H and O–H groups in total. The molecule has 4 rings (SSSR count). The number of carbonyl (C=O) groups is 1. The van der Waals surface area contributed by atoms with Crippen LogP contribution in [-0.4, -0.2) is 27.4 Å². The topological polar surface area (TPSA) is 68.3 Å². The predicted molar refractivity (Wildman–Crippen MR) is 119 cm³/mol. The molecule has 2 aromatic carbocycles. The van der Waals surface area contributed by atoms with E-state index in [1.54, 1.807) is 31.3 Å². The Labute approximate surface area is 185 Å². The molecule has 0 aliphatic heterocycles. The summed E-state index contributed by atoms with van der Waals surface area (Å²) in [7, 11) is 1.67. The van der Waals surface area contributed by atoms with Crippen molar-refractivity contribution in [3.8, 4) is 11.3 Å². The van der Waals surface area contributed by atoms with Gasteiger partial charge in [0.05, 0.1) is 23.8 Å². The molecule has 1 amide bonds. The van der Waals surface area contributed by atoms with Gasteiger partial charge in [-0.05, 0) is 54.6 Å². The van der Waals surface area contributed by atoms with Crippen molar-refractivity contribution in [2.45, 2.75) is 13.1 Å². The fourth-order valence-corrected chi connectivity index (χ4v) is 3.55. The smallest absolute Gasteiger partial charge is 0.261 e. The Hall–Kier alpha value is -2.90. The summed E-state index contributed by atoms with van der Waals surface area (Å²) in [5.41, 5.74) is 1.23. The molecule has 0 aliphatic carbocycles. The minimum absolute atomic E-state index is 0.102. The Bertz CT molecular complexity index is 1280. The fraction of sp³-hybridized carbons (Fsp3) is 0.136. The van der Waals surface area contributed by atoms with Crippen LogP contribution in [0.5, 0.6) is 0 Å². The Balaban J connectivity index is 1.47. The van der Waals surface area contributed by atoms with Gasteiger partial charge in [-0.25, -0.2) is 4.98 Å².